The predicted molar refractivity (Wildman–Crippen MR) is 71.6 cm³/mol. The largest absolute Gasteiger partial charge is 0.325 e. The van der Waals surface area contributed by atoms with Crippen LogP contribution in [0, 0.1) is 25.2 Å². The number of likely N-dealkylation sites (tertiary alicyclic amines) is 1. The standard InChI is InChI=1S/C12H16N4OS/c1-7-8(2)18-12(10(7)3-13)15-11(17)6-16-4-9(14)5-16/h9H,4-6,14H2,1-2H3,(H,15,17). The van der Waals surface area contributed by atoms with Crippen molar-refractivity contribution in [2.24, 2.45) is 5.73 Å². The first kappa shape index (κ1) is 13.0. The van der Waals surface area contributed by atoms with Crippen molar-refractivity contribution in [1.82, 2.24) is 4.90 Å². The van der Waals surface area contributed by atoms with Crippen LogP contribution in [0.1, 0.15) is 16.0 Å². The molecule has 2 rings (SSSR count). The smallest absolute Gasteiger partial charge is 0.239 e. The first-order chi connectivity index (χ1) is 8.51. The van der Waals surface area contributed by atoms with Crippen LogP contribution in [0.25, 0.3) is 0 Å². The van der Waals surface area contributed by atoms with Crippen molar-refractivity contribution in [2.45, 2.75) is 19.9 Å². The average Bonchev–Trinajstić information content (AvgIpc) is 2.52. The summed E-state index contributed by atoms with van der Waals surface area (Å²) in [6.07, 6.45) is 0. The van der Waals surface area contributed by atoms with Gasteiger partial charge in [-0.1, -0.05) is 0 Å². The summed E-state index contributed by atoms with van der Waals surface area (Å²) < 4.78 is 0. The highest BCUT2D eigenvalue weighted by Crippen LogP contribution is 2.31. The number of carbonyl (C=O) groups excluding carboxylic acids is 1. The Balaban J connectivity index is 1.99. The van der Waals surface area contributed by atoms with Crippen molar-refractivity contribution in [1.29, 1.82) is 5.26 Å². The third-order valence-corrected chi connectivity index (χ3v) is 4.23. The van der Waals surface area contributed by atoms with E-state index in [2.05, 4.69) is 11.4 Å². The lowest BCUT2D eigenvalue weighted by Crippen LogP contribution is -2.57. The topological polar surface area (TPSA) is 82.2 Å². The van der Waals surface area contributed by atoms with Gasteiger partial charge in [0.05, 0.1) is 12.1 Å². The first-order valence-corrected chi connectivity index (χ1v) is 6.60. The molecule has 1 aliphatic rings. The molecule has 0 saturated carbocycles. The van der Waals surface area contributed by atoms with Crippen LogP contribution in [0.3, 0.4) is 0 Å². The summed E-state index contributed by atoms with van der Waals surface area (Å²) >= 11 is 1.45. The van der Waals surface area contributed by atoms with Crippen molar-refractivity contribution >= 4 is 22.2 Å². The minimum Gasteiger partial charge on any atom is -0.325 e. The Hall–Kier alpha value is -1.42. The van der Waals surface area contributed by atoms with E-state index in [4.69, 9.17) is 11.0 Å². The zero-order valence-corrected chi connectivity index (χ0v) is 11.3. The predicted octanol–water partition coefficient (Wildman–Crippen LogP) is 0.818. The number of nitrogens with zero attached hydrogens (tertiary/aromatic N) is 2. The number of nitrogens with one attached hydrogen (secondary N) is 1. The maximum Gasteiger partial charge on any atom is 0.239 e. The third-order valence-electron chi connectivity index (χ3n) is 3.10. The van der Waals surface area contributed by atoms with E-state index in [9.17, 15) is 4.79 Å². The highest BCUT2D eigenvalue weighted by Gasteiger charge is 2.25. The molecule has 6 heteroatoms. The lowest BCUT2D eigenvalue weighted by molar-refractivity contribution is -0.118. The van der Waals surface area contributed by atoms with E-state index < -0.39 is 0 Å². The number of thiophene rings is 1. The summed E-state index contributed by atoms with van der Waals surface area (Å²) in [4.78, 5) is 14.9. The number of amides is 1. The number of nitrogens with two attached hydrogens (primary N) is 1. The molecule has 1 aromatic heterocycles. The van der Waals surface area contributed by atoms with Gasteiger partial charge in [-0.3, -0.25) is 9.69 Å². The van der Waals surface area contributed by atoms with E-state index in [1.54, 1.807) is 0 Å². The molecule has 18 heavy (non-hydrogen) atoms. The summed E-state index contributed by atoms with van der Waals surface area (Å²) in [6, 6.07) is 2.33. The van der Waals surface area contributed by atoms with Gasteiger partial charge in [0, 0.05) is 24.0 Å². The Morgan fingerprint density at radius 1 is 1.61 bits per heavy atom. The summed E-state index contributed by atoms with van der Waals surface area (Å²) in [5, 5.41) is 12.5. The fourth-order valence-corrected chi connectivity index (χ4v) is 2.98. The van der Waals surface area contributed by atoms with Gasteiger partial charge in [-0.05, 0) is 19.4 Å². The van der Waals surface area contributed by atoms with E-state index in [1.165, 1.54) is 11.3 Å². The second-order valence-electron chi connectivity index (χ2n) is 4.60. The monoisotopic (exact) mass is 264 g/mol. The van der Waals surface area contributed by atoms with E-state index in [0.29, 0.717) is 17.1 Å². The van der Waals surface area contributed by atoms with Crippen LogP contribution in [-0.4, -0.2) is 36.5 Å². The molecule has 3 N–H and O–H groups in total. The second-order valence-corrected chi connectivity index (χ2v) is 5.83. The number of hydrogen-bond acceptors (Lipinski definition) is 5. The van der Waals surface area contributed by atoms with Gasteiger partial charge in [-0.2, -0.15) is 5.26 Å². The van der Waals surface area contributed by atoms with Gasteiger partial charge in [0.25, 0.3) is 0 Å². The zero-order chi connectivity index (χ0) is 13.3. The summed E-state index contributed by atoms with van der Waals surface area (Å²) in [5.41, 5.74) is 7.17. The second kappa shape index (κ2) is 5.06. The van der Waals surface area contributed by atoms with E-state index in [-0.39, 0.29) is 11.9 Å². The highest BCUT2D eigenvalue weighted by molar-refractivity contribution is 7.16. The SMILES string of the molecule is Cc1sc(NC(=O)CN2CC(N)C2)c(C#N)c1C. The number of anilines is 1. The molecular weight excluding hydrogens is 248 g/mol. The van der Waals surface area contributed by atoms with E-state index >= 15 is 0 Å². The lowest BCUT2D eigenvalue weighted by Gasteiger charge is -2.35. The normalized spacial score (nSPS) is 16.1. The number of aryl methyl sites for hydroxylation is 1. The molecule has 96 valence electrons. The molecule has 5 nitrogen and oxygen atoms in total. The molecule has 0 aromatic carbocycles. The van der Waals surface area contributed by atoms with E-state index in [1.807, 2.05) is 18.7 Å². The van der Waals surface area contributed by atoms with Gasteiger partial charge in [0.2, 0.25) is 5.91 Å². The molecule has 1 aliphatic heterocycles. The number of carbonyl (C=O) groups is 1. The summed E-state index contributed by atoms with van der Waals surface area (Å²) in [5.74, 6) is -0.0837. The molecule has 0 unspecified atom stereocenters. The Bertz CT molecular complexity index is 511. The quantitative estimate of drug-likeness (QED) is 0.846. The summed E-state index contributed by atoms with van der Waals surface area (Å²) in [7, 11) is 0. The van der Waals surface area contributed by atoms with Gasteiger partial charge >= 0.3 is 0 Å². The van der Waals surface area contributed by atoms with Crippen molar-refractivity contribution in [3.63, 3.8) is 0 Å². The first-order valence-electron chi connectivity index (χ1n) is 5.79. The minimum atomic E-state index is -0.0837. The molecular formula is C12H16N4OS. The fraction of sp³-hybridized carbons (Fsp3) is 0.500. The average molecular weight is 264 g/mol. The van der Waals surface area contributed by atoms with Gasteiger partial charge < -0.3 is 11.1 Å². The zero-order valence-electron chi connectivity index (χ0n) is 10.5. The van der Waals surface area contributed by atoms with Crippen LogP contribution < -0.4 is 11.1 Å². The molecule has 0 bridgehead atoms. The van der Waals surface area contributed by atoms with Gasteiger partial charge in [0.15, 0.2) is 0 Å². The molecule has 0 spiro atoms. The third kappa shape index (κ3) is 2.53. The molecule has 1 aromatic rings. The molecule has 0 radical (unpaired) electrons. The maximum atomic E-state index is 11.8. The molecule has 1 saturated heterocycles. The van der Waals surface area contributed by atoms with Crippen molar-refractivity contribution < 1.29 is 4.79 Å². The number of rotatable bonds is 3. The molecule has 0 aliphatic carbocycles. The van der Waals surface area contributed by atoms with Crippen molar-refractivity contribution in [2.75, 3.05) is 25.0 Å². The Kier molecular flexibility index (Phi) is 3.66. The van der Waals surface area contributed by atoms with Crippen LogP contribution in [-0.2, 0) is 4.79 Å². The van der Waals surface area contributed by atoms with Gasteiger partial charge in [-0.25, -0.2) is 0 Å². The Morgan fingerprint density at radius 3 is 2.83 bits per heavy atom. The molecule has 2 heterocycles. The van der Waals surface area contributed by atoms with Crippen molar-refractivity contribution in [3.05, 3.63) is 16.0 Å². The van der Waals surface area contributed by atoms with Crippen LogP contribution in [0.15, 0.2) is 0 Å². The van der Waals surface area contributed by atoms with Crippen LogP contribution in [0.4, 0.5) is 5.00 Å². The van der Waals surface area contributed by atoms with Gasteiger partial charge in [-0.15, -0.1) is 11.3 Å². The van der Waals surface area contributed by atoms with Gasteiger partial charge in [0.1, 0.15) is 11.1 Å². The summed E-state index contributed by atoms with van der Waals surface area (Å²) in [6.45, 7) is 5.72. The Labute approximate surface area is 110 Å². The maximum absolute atomic E-state index is 11.8. The molecule has 1 fully saturated rings. The van der Waals surface area contributed by atoms with E-state index in [0.717, 1.165) is 23.5 Å². The lowest BCUT2D eigenvalue weighted by atomic mass is 10.1. The number of hydrogen-bond donors (Lipinski definition) is 2. The minimum absolute atomic E-state index is 0.0837. The van der Waals surface area contributed by atoms with Crippen molar-refractivity contribution in [3.8, 4) is 6.07 Å². The van der Waals surface area contributed by atoms with Crippen LogP contribution in [0.2, 0.25) is 0 Å². The molecule has 1 amide bonds. The van der Waals surface area contributed by atoms with Crippen LogP contribution >= 0.6 is 11.3 Å². The number of nitriles is 1. The van der Waals surface area contributed by atoms with Crippen LogP contribution in [0.5, 0.6) is 0 Å². The Morgan fingerprint density at radius 2 is 2.28 bits per heavy atom. The fourth-order valence-electron chi connectivity index (χ4n) is 1.96. The molecule has 0 atom stereocenters. The highest BCUT2D eigenvalue weighted by atomic mass is 32.1.